The molecule has 0 bridgehead atoms. The summed E-state index contributed by atoms with van der Waals surface area (Å²) in [5.41, 5.74) is 5.91. The van der Waals surface area contributed by atoms with Crippen LogP contribution in [0.2, 0.25) is 0 Å². The van der Waals surface area contributed by atoms with Crippen molar-refractivity contribution in [3.8, 4) is 17.4 Å². The number of halogens is 2. The summed E-state index contributed by atoms with van der Waals surface area (Å²) in [7, 11) is 0. The molecule has 0 saturated carbocycles. The molecule has 6 N–H and O–H groups in total. The molecule has 216 valence electrons. The third kappa shape index (κ3) is 8.08. The highest BCUT2D eigenvalue weighted by Gasteiger charge is 2.27. The number of nitrogens with one attached hydrogen (secondary N) is 3. The van der Waals surface area contributed by atoms with Gasteiger partial charge in [0.15, 0.2) is 17.4 Å². The van der Waals surface area contributed by atoms with Crippen LogP contribution in [0.3, 0.4) is 0 Å². The van der Waals surface area contributed by atoms with E-state index >= 15 is 4.39 Å². The predicted octanol–water partition coefficient (Wildman–Crippen LogP) is 2.81. The van der Waals surface area contributed by atoms with Gasteiger partial charge in [0.25, 0.3) is 11.9 Å². The molecule has 0 radical (unpaired) electrons. The number of carboxylic acids is 1. The number of anilines is 1. The monoisotopic (exact) mass is 570 g/mol. The molecule has 0 amide bonds. The second kappa shape index (κ2) is 14.2. The fourth-order valence-corrected chi connectivity index (χ4v) is 3.52. The van der Waals surface area contributed by atoms with Gasteiger partial charge in [-0.1, -0.05) is 0 Å². The highest BCUT2D eigenvalue weighted by atomic mass is 19.1. The Kier molecular flexibility index (Phi) is 10.4. The molecule has 0 aliphatic heterocycles. The zero-order chi connectivity index (χ0) is 29.9. The molecule has 1 unspecified atom stereocenters. The lowest BCUT2D eigenvalue weighted by Crippen LogP contribution is -2.18. The van der Waals surface area contributed by atoms with E-state index < -0.39 is 30.2 Å². The molecule has 15 heteroatoms. The smallest absolute Gasteiger partial charge is 0.350 e. The van der Waals surface area contributed by atoms with E-state index in [9.17, 15) is 9.18 Å². The van der Waals surface area contributed by atoms with Crippen LogP contribution in [0.4, 0.5) is 14.5 Å². The minimum Gasteiger partial charge on any atom is -0.494 e. The van der Waals surface area contributed by atoms with Crippen molar-refractivity contribution < 1.29 is 28.2 Å². The molecule has 4 aromatic rings. The van der Waals surface area contributed by atoms with Crippen LogP contribution >= 0.6 is 0 Å². The van der Waals surface area contributed by atoms with E-state index in [4.69, 9.17) is 30.5 Å². The molecule has 0 saturated heterocycles. The van der Waals surface area contributed by atoms with Crippen molar-refractivity contribution in [3.05, 3.63) is 88.1 Å². The van der Waals surface area contributed by atoms with Gasteiger partial charge >= 0.3 is 5.69 Å². The van der Waals surface area contributed by atoms with Gasteiger partial charge in [-0.3, -0.25) is 15.2 Å². The minimum absolute atomic E-state index is 0.0188. The number of H-pyrrole nitrogens is 1. The van der Waals surface area contributed by atoms with E-state index in [1.54, 1.807) is 37.3 Å². The van der Waals surface area contributed by atoms with Crippen LogP contribution in [0.1, 0.15) is 36.8 Å². The Morgan fingerprint density at radius 2 is 1.88 bits per heavy atom. The third-order valence-electron chi connectivity index (χ3n) is 5.15. The van der Waals surface area contributed by atoms with Crippen molar-refractivity contribution in [2.75, 3.05) is 25.2 Å². The summed E-state index contributed by atoms with van der Waals surface area (Å²) in [5.74, 6) is -1.61. The number of nitrogen functional groups attached to an aromatic ring is 1. The summed E-state index contributed by atoms with van der Waals surface area (Å²) >= 11 is 0. The Labute approximate surface area is 232 Å². The summed E-state index contributed by atoms with van der Waals surface area (Å²) in [5, 5.41) is 22.4. The van der Waals surface area contributed by atoms with E-state index in [1.807, 2.05) is 0 Å². The average molecular weight is 571 g/mol. The first-order valence-electron chi connectivity index (χ1n) is 12.2. The number of hydrogen-bond donors (Lipinski definition) is 5. The summed E-state index contributed by atoms with van der Waals surface area (Å²) < 4.78 is 40.3. The van der Waals surface area contributed by atoms with Crippen LogP contribution in [0.15, 0.2) is 59.7 Å². The normalized spacial score (nSPS) is 11.1. The number of aromatic nitrogens is 5. The minimum atomic E-state index is -1.06. The van der Waals surface area contributed by atoms with E-state index in [-0.39, 0.29) is 47.9 Å². The van der Waals surface area contributed by atoms with Gasteiger partial charge in [0.2, 0.25) is 0 Å². The van der Waals surface area contributed by atoms with Gasteiger partial charge in [-0.2, -0.15) is 0 Å². The van der Waals surface area contributed by atoms with Crippen molar-refractivity contribution in [1.82, 2.24) is 24.7 Å². The van der Waals surface area contributed by atoms with E-state index in [0.717, 1.165) is 11.6 Å². The van der Waals surface area contributed by atoms with Gasteiger partial charge in [-0.25, -0.2) is 23.5 Å². The number of aliphatic carboxylic acids is 1. The van der Waals surface area contributed by atoms with E-state index in [1.165, 1.54) is 24.5 Å². The Bertz CT molecular complexity index is 1520. The molecular formula is C26H28F2N8O5. The van der Waals surface area contributed by atoms with Gasteiger partial charge < -0.3 is 25.6 Å². The zero-order valence-corrected chi connectivity index (χ0v) is 22.1. The van der Waals surface area contributed by atoms with Gasteiger partial charge in [-0.15, -0.1) is 9.78 Å². The molecule has 0 aliphatic rings. The number of ether oxygens (including phenoxy) is 2. The van der Waals surface area contributed by atoms with Gasteiger partial charge in [-0.05, 0) is 43.3 Å². The van der Waals surface area contributed by atoms with Crippen molar-refractivity contribution in [3.63, 3.8) is 0 Å². The maximum atomic E-state index is 15.7. The number of nitrogens with two attached hydrogens (primary N) is 1. The number of nitrogens with zero attached hydrogens (tertiary/aromatic N) is 4. The first-order chi connectivity index (χ1) is 19.6. The molecule has 4 rings (SSSR count). The number of hydrogen-bond acceptors (Lipinski definition) is 9. The number of carbonyl (C=O) groups is 1. The van der Waals surface area contributed by atoms with Crippen LogP contribution in [-0.4, -0.2) is 61.5 Å². The standard InChI is InChI=1S/C24H24F2N8O3.C2H4O2/c1-2-36-16-12-17(19(26)18(13-16)37-11-8-25)20(31-15-6-4-14(5-7-15)21(27)28)22-32-24(35)34(33-22)23-29-9-3-10-30-23;1-2(3)4/h3-7,9-10,12-13,20,31H,2,8,11H2,1H3,(H3,27,28)(H,32,33,35);1H3,(H,3,4). The van der Waals surface area contributed by atoms with Crippen LogP contribution in [0.5, 0.6) is 11.5 Å². The highest BCUT2D eigenvalue weighted by molar-refractivity contribution is 5.95. The maximum Gasteiger partial charge on any atom is 0.350 e. The highest BCUT2D eigenvalue weighted by Crippen LogP contribution is 2.35. The van der Waals surface area contributed by atoms with Crippen LogP contribution in [0.25, 0.3) is 5.95 Å². The zero-order valence-electron chi connectivity index (χ0n) is 22.1. The lowest BCUT2D eigenvalue weighted by atomic mass is 10.0. The van der Waals surface area contributed by atoms with Crippen LogP contribution in [-0.2, 0) is 4.79 Å². The Hall–Kier alpha value is -5.34. The first-order valence-corrected chi connectivity index (χ1v) is 12.2. The Balaban J connectivity index is 0.00000108. The largest absolute Gasteiger partial charge is 0.494 e. The topological polar surface area (TPSA) is 194 Å². The Morgan fingerprint density at radius 3 is 2.46 bits per heavy atom. The molecule has 2 aromatic carbocycles. The SMILES string of the molecule is CC(=O)O.CCOc1cc(OCCF)c(F)c(C(Nc2ccc(C(=N)N)cc2)c2nn(-c3ncccn3)c(=O)[nH]2)c1. The number of rotatable bonds is 11. The summed E-state index contributed by atoms with van der Waals surface area (Å²) in [4.78, 5) is 32.4. The fraction of sp³-hybridized carbons (Fsp3) is 0.231. The molecule has 0 fully saturated rings. The van der Waals surface area contributed by atoms with Crippen LogP contribution in [0, 0.1) is 11.2 Å². The molecular weight excluding hydrogens is 542 g/mol. The second-order valence-electron chi connectivity index (χ2n) is 8.16. The van der Waals surface area contributed by atoms with Gasteiger partial charge in [0, 0.05) is 42.2 Å². The summed E-state index contributed by atoms with van der Waals surface area (Å²) in [6.07, 6.45) is 2.91. The van der Waals surface area contributed by atoms with Crippen molar-refractivity contribution in [2.24, 2.45) is 5.73 Å². The molecule has 2 aromatic heterocycles. The summed E-state index contributed by atoms with van der Waals surface area (Å²) in [6.45, 7) is 1.96. The van der Waals surface area contributed by atoms with Crippen LogP contribution < -0.4 is 26.2 Å². The number of amidine groups is 1. The average Bonchev–Trinajstić information content (AvgIpc) is 3.33. The van der Waals surface area contributed by atoms with Crippen molar-refractivity contribution in [2.45, 2.75) is 19.9 Å². The number of alkyl halides is 1. The molecule has 41 heavy (non-hydrogen) atoms. The first kappa shape index (κ1) is 30.2. The third-order valence-corrected chi connectivity index (χ3v) is 5.15. The molecule has 0 aliphatic carbocycles. The predicted molar refractivity (Wildman–Crippen MR) is 145 cm³/mol. The molecule has 0 spiro atoms. The molecule has 2 heterocycles. The van der Waals surface area contributed by atoms with E-state index in [0.29, 0.717) is 11.3 Å². The second-order valence-corrected chi connectivity index (χ2v) is 8.16. The molecule has 1 atom stereocenters. The lowest BCUT2D eigenvalue weighted by molar-refractivity contribution is -0.134. The number of carboxylic acid groups (broad SMARTS) is 1. The van der Waals surface area contributed by atoms with Crippen molar-refractivity contribution >= 4 is 17.5 Å². The van der Waals surface area contributed by atoms with Gasteiger partial charge in [0.05, 0.1) is 6.61 Å². The quantitative estimate of drug-likeness (QED) is 0.132. The molecule has 13 nitrogen and oxygen atoms in total. The number of aromatic amines is 1. The fourth-order valence-electron chi connectivity index (χ4n) is 3.52. The van der Waals surface area contributed by atoms with E-state index in [2.05, 4.69) is 25.4 Å². The summed E-state index contributed by atoms with van der Waals surface area (Å²) in [6, 6.07) is 9.81. The van der Waals surface area contributed by atoms with Gasteiger partial charge in [0.1, 0.15) is 30.9 Å². The lowest BCUT2D eigenvalue weighted by Gasteiger charge is -2.21. The van der Waals surface area contributed by atoms with Crippen molar-refractivity contribution in [1.29, 1.82) is 5.41 Å². The number of benzene rings is 2. The maximum absolute atomic E-state index is 15.7. The Morgan fingerprint density at radius 1 is 1.22 bits per heavy atom.